The summed E-state index contributed by atoms with van der Waals surface area (Å²) in [6.45, 7) is 1.67. The van der Waals surface area contributed by atoms with Gasteiger partial charge in [0.05, 0.1) is 22.6 Å². The molecule has 1 saturated carbocycles. The Labute approximate surface area is 238 Å². The van der Waals surface area contributed by atoms with Crippen molar-refractivity contribution in [1.29, 1.82) is 0 Å². The van der Waals surface area contributed by atoms with Crippen LogP contribution in [0.1, 0.15) is 58.5 Å². The average molecular weight is 590 g/mol. The van der Waals surface area contributed by atoms with E-state index in [0.29, 0.717) is 33.7 Å². The molecule has 2 aromatic heterocycles. The van der Waals surface area contributed by atoms with Crippen LogP contribution in [0.3, 0.4) is 0 Å². The molecule has 1 unspecified atom stereocenters. The van der Waals surface area contributed by atoms with E-state index in [-0.39, 0.29) is 23.8 Å². The first-order valence-electron chi connectivity index (χ1n) is 13.0. The Morgan fingerprint density at radius 2 is 2.10 bits per heavy atom. The first kappa shape index (κ1) is 28.1. The van der Waals surface area contributed by atoms with Crippen molar-refractivity contribution in [3.63, 3.8) is 0 Å². The van der Waals surface area contributed by atoms with E-state index in [4.69, 9.17) is 20.9 Å². The van der Waals surface area contributed by atoms with Gasteiger partial charge < -0.3 is 5.32 Å². The summed E-state index contributed by atoms with van der Waals surface area (Å²) < 4.78 is 26.9. The highest BCUT2D eigenvalue weighted by Gasteiger charge is 2.43. The van der Waals surface area contributed by atoms with Crippen LogP contribution in [0.4, 0.5) is 5.82 Å². The molecule has 1 aliphatic carbocycles. The Kier molecular flexibility index (Phi) is 8.37. The molecule has 39 heavy (non-hydrogen) atoms. The fraction of sp³-hybridized carbons (Fsp3) is 0.444. The number of rotatable bonds is 10. The topological polar surface area (TPSA) is 128 Å². The third kappa shape index (κ3) is 6.18. The molecule has 2 fully saturated rings. The van der Waals surface area contributed by atoms with Crippen molar-refractivity contribution in [1.82, 2.24) is 14.9 Å². The largest absolute Gasteiger partial charge is 0.369 e. The molecule has 2 aliphatic rings. The lowest BCUT2D eigenvalue weighted by Gasteiger charge is -2.36. The molecular weight excluding hydrogens is 558 g/mol. The van der Waals surface area contributed by atoms with Crippen LogP contribution in [0.15, 0.2) is 48.2 Å². The van der Waals surface area contributed by atoms with Gasteiger partial charge in [0.15, 0.2) is 0 Å². The van der Waals surface area contributed by atoms with Gasteiger partial charge in [0.25, 0.3) is 0 Å². The predicted octanol–water partition coefficient (Wildman–Crippen LogP) is 4.44. The van der Waals surface area contributed by atoms with E-state index in [9.17, 15) is 13.2 Å². The van der Waals surface area contributed by atoms with Crippen molar-refractivity contribution in [3.8, 4) is 0 Å². The number of halogens is 1. The lowest BCUT2D eigenvalue weighted by molar-refractivity contribution is 0.104. The molecule has 1 saturated heterocycles. The third-order valence-electron chi connectivity index (χ3n) is 7.92. The number of hydrogen-bond acceptors (Lipinski definition) is 9. The number of benzene rings is 1. The summed E-state index contributed by atoms with van der Waals surface area (Å²) in [5.74, 6) is 0.811. The van der Waals surface area contributed by atoms with E-state index in [1.807, 2.05) is 24.3 Å². The normalized spacial score (nSPS) is 23.8. The fourth-order valence-corrected chi connectivity index (χ4v) is 7.49. The molecule has 3 N–H and O–H groups in total. The maximum Gasteiger partial charge on any atom is 0.333 e. The number of nitrogens with zero attached hydrogens (tertiary/aromatic N) is 3. The molecular formula is C27H32ClN5O4S2. The number of thiophene rings is 1. The summed E-state index contributed by atoms with van der Waals surface area (Å²) in [6, 6.07) is 9.98. The van der Waals surface area contributed by atoms with Crippen LogP contribution >= 0.6 is 22.9 Å². The van der Waals surface area contributed by atoms with E-state index in [1.54, 1.807) is 6.20 Å². The van der Waals surface area contributed by atoms with Gasteiger partial charge >= 0.3 is 10.3 Å². The quantitative estimate of drug-likeness (QED) is 0.332. The highest BCUT2D eigenvalue weighted by atomic mass is 35.5. The van der Waals surface area contributed by atoms with E-state index >= 15 is 0 Å². The van der Waals surface area contributed by atoms with Gasteiger partial charge in [-0.1, -0.05) is 23.7 Å². The van der Waals surface area contributed by atoms with Crippen LogP contribution < -0.4 is 10.5 Å². The molecule has 0 spiro atoms. The molecule has 3 atom stereocenters. The molecule has 1 aromatic carbocycles. The minimum absolute atomic E-state index is 0.0964. The summed E-state index contributed by atoms with van der Waals surface area (Å²) in [7, 11) is -1.81. The molecule has 0 amide bonds. The zero-order chi connectivity index (χ0) is 27.6. The second-order valence-electron chi connectivity index (χ2n) is 10.4. The van der Waals surface area contributed by atoms with Crippen molar-refractivity contribution in [2.24, 2.45) is 17.0 Å². The molecule has 5 rings (SSSR count). The molecule has 1 aliphatic heterocycles. The smallest absolute Gasteiger partial charge is 0.333 e. The van der Waals surface area contributed by atoms with Crippen molar-refractivity contribution in [2.75, 3.05) is 32.1 Å². The summed E-state index contributed by atoms with van der Waals surface area (Å²) in [5.41, 5.74) is 2.31. The minimum atomic E-state index is -3.93. The maximum atomic E-state index is 13.7. The molecule has 208 valence electrons. The zero-order valence-corrected chi connectivity index (χ0v) is 24.1. The number of carbonyl (C=O) groups excluding carboxylic acids is 1. The average Bonchev–Trinajstić information content (AvgIpc) is 3.66. The van der Waals surface area contributed by atoms with Gasteiger partial charge in [-0.15, -0.1) is 11.3 Å². The zero-order valence-electron chi connectivity index (χ0n) is 21.7. The predicted molar refractivity (Wildman–Crippen MR) is 152 cm³/mol. The Morgan fingerprint density at radius 3 is 2.85 bits per heavy atom. The van der Waals surface area contributed by atoms with E-state index in [2.05, 4.69) is 38.7 Å². The number of carbonyl (C=O) groups is 1. The van der Waals surface area contributed by atoms with Gasteiger partial charge in [-0.05, 0) is 92.2 Å². The summed E-state index contributed by atoms with van der Waals surface area (Å²) in [6.07, 6.45) is 7.58. The number of likely N-dealkylation sites (tertiary alicyclic amines) is 1. The van der Waals surface area contributed by atoms with Crippen LogP contribution in [-0.4, -0.2) is 55.8 Å². The fourth-order valence-electron chi connectivity index (χ4n) is 5.98. The maximum absolute atomic E-state index is 13.7. The van der Waals surface area contributed by atoms with Crippen LogP contribution in [-0.2, 0) is 20.0 Å². The van der Waals surface area contributed by atoms with E-state index < -0.39 is 10.3 Å². The minimum Gasteiger partial charge on any atom is -0.369 e. The van der Waals surface area contributed by atoms with Gasteiger partial charge in [-0.25, -0.2) is 15.1 Å². The number of hydrogen-bond donors (Lipinski definition) is 2. The highest BCUT2D eigenvalue weighted by molar-refractivity contribution is 7.84. The van der Waals surface area contributed by atoms with Gasteiger partial charge in [-0.2, -0.15) is 8.42 Å². The Balaban J connectivity index is 1.31. The van der Waals surface area contributed by atoms with Crippen molar-refractivity contribution in [3.05, 3.63) is 74.8 Å². The van der Waals surface area contributed by atoms with Gasteiger partial charge in [0.2, 0.25) is 5.78 Å². The number of aromatic nitrogens is 2. The monoisotopic (exact) mass is 589 g/mol. The molecule has 3 aromatic rings. The second kappa shape index (κ2) is 11.6. The Hall–Kier alpha value is -2.41. The van der Waals surface area contributed by atoms with Crippen molar-refractivity contribution >= 4 is 44.8 Å². The lowest BCUT2D eigenvalue weighted by Crippen LogP contribution is -2.39. The third-order valence-corrected chi connectivity index (χ3v) is 9.55. The van der Waals surface area contributed by atoms with Crippen LogP contribution in [0.5, 0.6) is 0 Å². The number of nitrogens with two attached hydrogens (primary N) is 1. The van der Waals surface area contributed by atoms with E-state index in [1.165, 1.54) is 17.7 Å². The standard InChI is InChI=1S/C27H32ClN5O4S2/c1-33-9-3-8-27(33,20-4-2-5-22(28)11-20)21-12-24(38-16-21)25(34)23-14-30-17-32-26(23)31-13-18-6-7-19(10-18)15-37-39(29,35)36/h2,4-5,11-12,14,16-19H,3,6-10,13,15H2,1H3,(H2,29,35,36)(H,30,31,32)/t18-,19+,27?/m0/s1. The van der Waals surface area contributed by atoms with Crippen molar-refractivity contribution < 1.29 is 17.4 Å². The number of nitrogens with one attached hydrogen (secondary N) is 1. The van der Waals surface area contributed by atoms with Gasteiger partial charge in [-0.3, -0.25) is 13.9 Å². The van der Waals surface area contributed by atoms with Gasteiger partial charge in [0.1, 0.15) is 12.1 Å². The number of ketones is 1. The summed E-state index contributed by atoms with van der Waals surface area (Å²) in [4.78, 5) is 25.1. The van der Waals surface area contributed by atoms with Gasteiger partial charge in [0, 0.05) is 17.8 Å². The summed E-state index contributed by atoms with van der Waals surface area (Å²) in [5, 5.41) is 11.1. The highest BCUT2D eigenvalue weighted by Crippen LogP contribution is 2.45. The lowest BCUT2D eigenvalue weighted by atomic mass is 9.82. The number of anilines is 1. The molecule has 12 heteroatoms. The molecule has 9 nitrogen and oxygen atoms in total. The van der Waals surface area contributed by atoms with Crippen LogP contribution in [0, 0.1) is 11.8 Å². The molecule has 0 radical (unpaired) electrons. The second-order valence-corrected chi connectivity index (χ2v) is 13.0. The SMILES string of the molecule is CN1CCCC1(c1cccc(Cl)c1)c1csc(C(=O)c2cncnc2NC[C@H]2CC[C@@H](COS(N)(=O)=O)C2)c1. The first-order valence-corrected chi connectivity index (χ1v) is 15.7. The van der Waals surface area contributed by atoms with Crippen LogP contribution in [0.25, 0.3) is 0 Å². The van der Waals surface area contributed by atoms with Crippen LogP contribution in [0.2, 0.25) is 5.02 Å². The summed E-state index contributed by atoms with van der Waals surface area (Å²) >= 11 is 7.80. The van der Waals surface area contributed by atoms with E-state index in [0.717, 1.165) is 49.8 Å². The molecule has 3 heterocycles. The Bertz CT molecular complexity index is 1450. The molecule has 0 bridgehead atoms. The first-order chi connectivity index (χ1) is 18.7. The Morgan fingerprint density at radius 1 is 1.28 bits per heavy atom. The van der Waals surface area contributed by atoms with Crippen molar-refractivity contribution in [2.45, 2.75) is 37.6 Å².